The van der Waals surface area contributed by atoms with Crippen molar-refractivity contribution in [1.82, 2.24) is 14.7 Å². The van der Waals surface area contributed by atoms with E-state index in [4.69, 9.17) is 0 Å². The highest BCUT2D eigenvalue weighted by Gasteiger charge is 2.36. The lowest BCUT2D eigenvalue weighted by Crippen LogP contribution is -2.57. The van der Waals surface area contributed by atoms with E-state index in [1.165, 1.54) is 16.7 Å². The second-order valence-electron chi connectivity index (χ2n) is 8.16. The van der Waals surface area contributed by atoms with E-state index >= 15 is 0 Å². The maximum atomic E-state index is 13.3. The molecule has 5 nitrogen and oxygen atoms in total. The average molecular weight is 392 g/mol. The number of amides is 2. The largest absolute Gasteiger partial charge is 0.338 e. The number of carbonyl (C=O) groups is 2. The summed E-state index contributed by atoms with van der Waals surface area (Å²) in [4.78, 5) is 31.6. The number of nitrogens with zero attached hydrogens (tertiary/aromatic N) is 3. The molecule has 2 aromatic carbocycles. The van der Waals surface area contributed by atoms with E-state index in [2.05, 4.69) is 48.2 Å². The van der Waals surface area contributed by atoms with Crippen LogP contribution >= 0.6 is 0 Å². The second-order valence-corrected chi connectivity index (χ2v) is 8.16. The summed E-state index contributed by atoms with van der Waals surface area (Å²) >= 11 is 0. The first-order valence-corrected chi connectivity index (χ1v) is 10.4. The Morgan fingerprint density at radius 2 is 1.59 bits per heavy atom. The van der Waals surface area contributed by atoms with Crippen molar-refractivity contribution in [3.05, 3.63) is 70.8 Å². The lowest BCUT2D eigenvalue weighted by Gasteiger charge is -2.41. The maximum absolute atomic E-state index is 13.3. The summed E-state index contributed by atoms with van der Waals surface area (Å²) in [5.41, 5.74) is 4.99. The summed E-state index contributed by atoms with van der Waals surface area (Å²) in [6, 6.07) is 16.2. The molecule has 1 saturated heterocycles. The zero-order chi connectivity index (χ0) is 20.4. The highest BCUT2D eigenvalue weighted by atomic mass is 16.2. The zero-order valence-corrected chi connectivity index (χ0v) is 17.3. The van der Waals surface area contributed by atoms with Crippen LogP contribution in [0.15, 0.2) is 48.5 Å². The molecule has 0 aromatic heterocycles. The number of carbonyl (C=O) groups excluding carboxylic acids is 2. The van der Waals surface area contributed by atoms with Crippen LogP contribution in [0.25, 0.3) is 0 Å². The lowest BCUT2D eigenvalue weighted by molar-refractivity contribution is -0.147. The van der Waals surface area contributed by atoms with Crippen molar-refractivity contribution < 1.29 is 9.59 Å². The van der Waals surface area contributed by atoms with Gasteiger partial charge in [0.1, 0.15) is 6.04 Å². The minimum atomic E-state index is -0.384. The fraction of sp³-hybridized carbons (Fsp3) is 0.417. The van der Waals surface area contributed by atoms with Crippen LogP contribution in [-0.2, 0) is 29.1 Å². The van der Waals surface area contributed by atoms with Gasteiger partial charge in [-0.3, -0.25) is 14.5 Å². The van der Waals surface area contributed by atoms with Gasteiger partial charge in [0.15, 0.2) is 0 Å². The van der Waals surface area contributed by atoms with Gasteiger partial charge in [0.2, 0.25) is 11.8 Å². The minimum absolute atomic E-state index is 0.0314. The predicted molar refractivity (Wildman–Crippen MR) is 113 cm³/mol. The Bertz CT molecular complexity index is 903. The van der Waals surface area contributed by atoms with Gasteiger partial charge in [-0.2, -0.15) is 0 Å². The van der Waals surface area contributed by atoms with E-state index in [0.717, 1.165) is 25.2 Å². The molecule has 29 heavy (non-hydrogen) atoms. The van der Waals surface area contributed by atoms with Crippen LogP contribution in [0.1, 0.15) is 29.2 Å². The van der Waals surface area contributed by atoms with Crippen molar-refractivity contribution in [3.8, 4) is 0 Å². The van der Waals surface area contributed by atoms with Crippen LogP contribution in [0.2, 0.25) is 0 Å². The Kier molecular flexibility index (Phi) is 5.67. The molecule has 0 bridgehead atoms. The molecule has 2 aliphatic heterocycles. The van der Waals surface area contributed by atoms with Gasteiger partial charge in [-0.05, 0) is 29.2 Å². The molecular formula is C24H29N3O2. The van der Waals surface area contributed by atoms with Crippen molar-refractivity contribution in [1.29, 1.82) is 0 Å². The third-order valence-electron chi connectivity index (χ3n) is 6.28. The molecule has 1 fully saturated rings. The van der Waals surface area contributed by atoms with Crippen LogP contribution in [0, 0.1) is 6.92 Å². The van der Waals surface area contributed by atoms with E-state index in [1.54, 1.807) is 11.8 Å². The topological polar surface area (TPSA) is 43.9 Å². The van der Waals surface area contributed by atoms with E-state index in [1.807, 2.05) is 17.0 Å². The molecule has 4 rings (SSSR count). The van der Waals surface area contributed by atoms with Gasteiger partial charge in [-0.15, -0.1) is 0 Å². The molecule has 2 aromatic rings. The SMILES string of the molecule is CC(=O)N1Cc2ccccc2CC1C(=O)N1CCN(Cc2ccccc2C)CC1. The lowest BCUT2D eigenvalue weighted by atomic mass is 9.93. The number of aryl methyl sites for hydroxylation is 1. The van der Waals surface area contributed by atoms with Crippen molar-refractivity contribution in [2.75, 3.05) is 26.2 Å². The number of fused-ring (bicyclic) bond motifs is 1. The van der Waals surface area contributed by atoms with Crippen molar-refractivity contribution in [2.24, 2.45) is 0 Å². The van der Waals surface area contributed by atoms with Crippen LogP contribution in [0.3, 0.4) is 0 Å². The molecule has 5 heteroatoms. The quantitative estimate of drug-likeness (QED) is 0.808. The summed E-state index contributed by atoms with van der Waals surface area (Å²) in [6.07, 6.45) is 0.609. The number of hydrogen-bond donors (Lipinski definition) is 0. The molecule has 0 saturated carbocycles. The first-order chi connectivity index (χ1) is 14.0. The molecule has 2 heterocycles. The average Bonchev–Trinajstić information content (AvgIpc) is 2.74. The molecule has 0 N–H and O–H groups in total. The van der Waals surface area contributed by atoms with Crippen LogP contribution in [-0.4, -0.2) is 58.7 Å². The third-order valence-corrected chi connectivity index (χ3v) is 6.28. The Balaban J connectivity index is 1.41. The molecular weight excluding hydrogens is 362 g/mol. The standard InChI is InChI=1S/C24H29N3O2/c1-18-7-3-4-9-21(18)16-25-11-13-26(14-12-25)24(29)23-15-20-8-5-6-10-22(20)17-27(23)19(2)28/h3-10,23H,11-17H2,1-2H3. The number of rotatable bonds is 3. The Labute approximate surface area is 172 Å². The number of piperazine rings is 1. The molecule has 0 aliphatic carbocycles. The summed E-state index contributed by atoms with van der Waals surface area (Å²) in [5, 5.41) is 0. The fourth-order valence-corrected chi connectivity index (χ4v) is 4.44. The van der Waals surface area contributed by atoms with Crippen LogP contribution in [0.4, 0.5) is 0 Å². The van der Waals surface area contributed by atoms with Gasteiger partial charge in [0, 0.05) is 52.6 Å². The van der Waals surface area contributed by atoms with Gasteiger partial charge in [-0.25, -0.2) is 0 Å². The number of benzene rings is 2. The van der Waals surface area contributed by atoms with Crippen LogP contribution in [0.5, 0.6) is 0 Å². The van der Waals surface area contributed by atoms with E-state index < -0.39 is 0 Å². The highest BCUT2D eigenvalue weighted by molar-refractivity contribution is 5.88. The van der Waals surface area contributed by atoms with Crippen molar-refractivity contribution in [2.45, 2.75) is 39.4 Å². The number of hydrogen-bond acceptors (Lipinski definition) is 3. The molecule has 0 radical (unpaired) electrons. The predicted octanol–water partition coefficient (Wildman–Crippen LogP) is 2.61. The maximum Gasteiger partial charge on any atom is 0.245 e. The normalized spacial score (nSPS) is 19.7. The van der Waals surface area contributed by atoms with Gasteiger partial charge < -0.3 is 9.80 Å². The van der Waals surface area contributed by atoms with Gasteiger partial charge >= 0.3 is 0 Å². The minimum Gasteiger partial charge on any atom is -0.338 e. The fourth-order valence-electron chi connectivity index (χ4n) is 4.44. The molecule has 0 spiro atoms. The third kappa shape index (κ3) is 4.20. The van der Waals surface area contributed by atoms with Gasteiger partial charge in [0.05, 0.1) is 0 Å². The summed E-state index contributed by atoms with van der Waals surface area (Å²) < 4.78 is 0. The van der Waals surface area contributed by atoms with Gasteiger partial charge in [0.25, 0.3) is 0 Å². The molecule has 2 aliphatic rings. The van der Waals surface area contributed by atoms with E-state index in [9.17, 15) is 9.59 Å². The second kappa shape index (κ2) is 8.37. The van der Waals surface area contributed by atoms with E-state index in [-0.39, 0.29) is 17.9 Å². The van der Waals surface area contributed by atoms with Crippen LogP contribution < -0.4 is 0 Å². The first-order valence-electron chi connectivity index (χ1n) is 10.4. The smallest absolute Gasteiger partial charge is 0.245 e. The zero-order valence-electron chi connectivity index (χ0n) is 17.3. The first kappa shape index (κ1) is 19.6. The van der Waals surface area contributed by atoms with E-state index in [0.29, 0.717) is 26.1 Å². The monoisotopic (exact) mass is 391 g/mol. The molecule has 2 amide bonds. The molecule has 1 unspecified atom stereocenters. The van der Waals surface area contributed by atoms with Crippen molar-refractivity contribution in [3.63, 3.8) is 0 Å². The summed E-state index contributed by atoms with van der Waals surface area (Å²) in [7, 11) is 0. The van der Waals surface area contributed by atoms with Crippen molar-refractivity contribution >= 4 is 11.8 Å². The van der Waals surface area contributed by atoms with Gasteiger partial charge in [-0.1, -0.05) is 48.5 Å². The Morgan fingerprint density at radius 3 is 2.28 bits per heavy atom. The highest BCUT2D eigenvalue weighted by Crippen LogP contribution is 2.25. The summed E-state index contributed by atoms with van der Waals surface area (Å²) in [6.45, 7) is 8.32. The molecule has 1 atom stereocenters. The molecule has 152 valence electrons. The Morgan fingerprint density at radius 1 is 0.931 bits per heavy atom. The Hall–Kier alpha value is -2.66. The summed E-state index contributed by atoms with van der Waals surface area (Å²) in [5.74, 6) is 0.0567.